The first-order valence-electron chi connectivity index (χ1n) is 8.51. The molecule has 1 aromatic rings. The summed E-state index contributed by atoms with van der Waals surface area (Å²) in [6, 6.07) is 7.08. The number of benzene rings is 1. The van der Waals surface area contributed by atoms with Crippen LogP contribution in [-0.4, -0.2) is 36.5 Å². The summed E-state index contributed by atoms with van der Waals surface area (Å²) >= 11 is 0. The topological polar surface area (TPSA) is 46.6 Å². The Morgan fingerprint density at radius 2 is 1.52 bits per heavy atom. The Balaban J connectivity index is 0.00000108. The third-order valence-electron chi connectivity index (χ3n) is 3.34. The van der Waals surface area contributed by atoms with E-state index in [1.807, 2.05) is 32.9 Å². The first-order valence-corrected chi connectivity index (χ1v) is 8.51. The maximum Gasteiger partial charge on any atom is 0.338 e. The second-order valence-electron chi connectivity index (χ2n) is 5.42. The van der Waals surface area contributed by atoms with Gasteiger partial charge in [0.25, 0.3) is 5.91 Å². The number of unbranched alkanes of at least 4 members (excludes halogenated alkanes) is 1. The number of amides is 1. The van der Waals surface area contributed by atoms with E-state index in [1.54, 1.807) is 17.0 Å². The molecule has 0 unspecified atom stereocenters. The maximum atomic E-state index is 11.8. The Morgan fingerprint density at radius 1 is 0.957 bits per heavy atom. The quantitative estimate of drug-likeness (QED) is 0.707. The Hall–Kier alpha value is -1.84. The fourth-order valence-corrected chi connectivity index (χ4v) is 1.72. The summed E-state index contributed by atoms with van der Waals surface area (Å²) in [6.07, 6.45) is 3.53. The molecule has 0 saturated heterocycles. The molecule has 0 aromatic heterocycles. The lowest BCUT2D eigenvalue weighted by Gasteiger charge is -2.19. The molecule has 0 spiro atoms. The van der Waals surface area contributed by atoms with Crippen molar-refractivity contribution in [1.82, 2.24) is 4.90 Å². The Labute approximate surface area is 140 Å². The molecule has 0 heterocycles. The largest absolute Gasteiger partial charge is 0.452 e. The van der Waals surface area contributed by atoms with E-state index in [0.717, 1.165) is 12.0 Å². The smallest absolute Gasteiger partial charge is 0.338 e. The highest BCUT2D eigenvalue weighted by molar-refractivity contribution is 5.91. The molecule has 1 amide bonds. The van der Waals surface area contributed by atoms with Gasteiger partial charge >= 0.3 is 5.97 Å². The van der Waals surface area contributed by atoms with Gasteiger partial charge in [-0.1, -0.05) is 51.3 Å². The lowest BCUT2D eigenvalue weighted by Crippen LogP contribution is -2.35. The molecule has 0 aliphatic heterocycles. The zero-order chi connectivity index (χ0) is 17.7. The molecule has 0 aliphatic rings. The predicted molar refractivity (Wildman–Crippen MR) is 94.6 cm³/mol. The number of aryl methyl sites for hydroxylation is 1. The summed E-state index contributed by atoms with van der Waals surface area (Å²) in [4.78, 5) is 25.2. The molecule has 1 rings (SSSR count). The van der Waals surface area contributed by atoms with Gasteiger partial charge in [0.05, 0.1) is 5.56 Å². The summed E-state index contributed by atoms with van der Waals surface area (Å²) < 4.78 is 5.03. The Kier molecular flexibility index (Phi) is 11.7. The van der Waals surface area contributed by atoms with E-state index >= 15 is 0 Å². The van der Waals surface area contributed by atoms with Gasteiger partial charge in [-0.2, -0.15) is 0 Å². The summed E-state index contributed by atoms with van der Waals surface area (Å²) in [7, 11) is 0. The van der Waals surface area contributed by atoms with Crippen molar-refractivity contribution in [2.75, 3.05) is 19.7 Å². The van der Waals surface area contributed by atoms with Crippen LogP contribution in [0, 0.1) is 6.92 Å². The molecule has 0 fully saturated rings. The summed E-state index contributed by atoms with van der Waals surface area (Å²) in [5.41, 5.74) is 1.55. The third-order valence-corrected chi connectivity index (χ3v) is 3.34. The standard InChI is InChI=1S/C15H21NO3.C4H10/c1-4-10-16(5-2)14(17)11-19-15(18)13-8-6-12(3)7-9-13;1-3-4-2/h6-9H,4-5,10-11H2,1-3H3;3-4H2,1-2H3. The third kappa shape index (κ3) is 9.01. The summed E-state index contributed by atoms with van der Waals surface area (Å²) in [5.74, 6) is -0.606. The fraction of sp³-hybridized carbons (Fsp3) is 0.579. The van der Waals surface area contributed by atoms with Crippen LogP contribution in [0.1, 0.15) is 62.9 Å². The lowest BCUT2D eigenvalue weighted by atomic mass is 10.1. The molecular weight excluding hydrogens is 290 g/mol. The molecule has 0 aliphatic carbocycles. The van der Waals surface area contributed by atoms with Gasteiger partial charge in [0, 0.05) is 13.1 Å². The zero-order valence-electron chi connectivity index (χ0n) is 15.2. The van der Waals surface area contributed by atoms with Gasteiger partial charge in [-0.15, -0.1) is 0 Å². The highest BCUT2D eigenvalue weighted by Gasteiger charge is 2.14. The average Bonchev–Trinajstić information content (AvgIpc) is 2.58. The molecule has 4 nitrogen and oxygen atoms in total. The van der Waals surface area contributed by atoms with Crippen molar-refractivity contribution in [2.45, 2.75) is 53.9 Å². The minimum atomic E-state index is -0.457. The van der Waals surface area contributed by atoms with Gasteiger partial charge in [0.2, 0.25) is 0 Å². The highest BCUT2D eigenvalue weighted by Crippen LogP contribution is 2.05. The van der Waals surface area contributed by atoms with Crippen molar-refractivity contribution in [2.24, 2.45) is 0 Å². The van der Waals surface area contributed by atoms with Crippen molar-refractivity contribution < 1.29 is 14.3 Å². The number of likely N-dealkylation sites (N-methyl/N-ethyl adjacent to an activating group) is 1. The van der Waals surface area contributed by atoms with Crippen LogP contribution in [0.15, 0.2) is 24.3 Å². The van der Waals surface area contributed by atoms with Crippen LogP contribution < -0.4 is 0 Å². The lowest BCUT2D eigenvalue weighted by molar-refractivity contribution is -0.134. The van der Waals surface area contributed by atoms with Crippen LogP contribution in [0.5, 0.6) is 0 Å². The number of hydrogen-bond donors (Lipinski definition) is 0. The Bertz CT molecular complexity index is 452. The molecule has 0 N–H and O–H groups in total. The van der Waals surface area contributed by atoms with Gasteiger partial charge in [-0.05, 0) is 32.4 Å². The van der Waals surface area contributed by atoms with Gasteiger partial charge < -0.3 is 9.64 Å². The van der Waals surface area contributed by atoms with Crippen LogP contribution in [0.4, 0.5) is 0 Å². The number of ether oxygens (including phenoxy) is 1. The van der Waals surface area contributed by atoms with E-state index in [2.05, 4.69) is 13.8 Å². The van der Waals surface area contributed by atoms with Gasteiger partial charge in [0.1, 0.15) is 0 Å². The second-order valence-corrected chi connectivity index (χ2v) is 5.42. The molecule has 0 radical (unpaired) electrons. The van der Waals surface area contributed by atoms with Gasteiger partial charge in [-0.3, -0.25) is 4.79 Å². The minimum absolute atomic E-state index is 0.148. The maximum absolute atomic E-state index is 11.8. The van der Waals surface area contributed by atoms with Crippen molar-refractivity contribution in [3.63, 3.8) is 0 Å². The van der Waals surface area contributed by atoms with E-state index in [9.17, 15) is 9.59 Å². The number of hydrogen-bond acceptors (Lipinski definition) is 3. The number of carbonyl (C=O) groups is 2. The summed E-state index contributed by atoms with van der Waals surface area (Å²) in [6.45, 7) is 11.4. The average molecular weight is 321 g/mol. The van der Waals surface area contributed by atoms with E-state index < -0.39 is 5.97 Å². The van der Waals surface area contributed by atoms with E-state index in [0.29, 0.717) is 18.7 Å². The molecule has 130 valence electrons. The van der Waals surface area contributed by atoms with Crippen molar-refractivity contribution in [3.05, 3.63) is 35.4 Å². The number of rotatable bonds is 7. The van der Waals surface area contributed by atoms with Crippen LogP contribution in [-0.2, 0) is 9.53 Å². The highest BCUT2D eigenvalue weighted by atomic mass is 16.5. The first-order chi connectivity index (χ1) is 11.0. The van der Waals surface area contributed by atoms with Crippen LogP contribution in [0.3, 0.4) is 0 Å². The monoisotopic (exact) mass is 321 g/mol. The molecule has 1 aromatic carbocycles. The van der Waals surface area contributed by atoms with E-state index in [1.165, 1.54) is 12.8 Å². The van der Waals surface area contributed by atoms with Gasteiger partial charge in [0.15, 0.2) is 6.61 Å². The van der Waals surface area contributed by atoms with Crippen LogP contribution in [0.25, 0.3) is 0 Å². The number of carbonyl (C=O) groups excluding carboxylic acids is 2. The van der Waals surface area contributed by atoms with E-state index in [-0.39, 0.29) is 12.5 Å². The predicted octanol–water partition coefficient (Wildman–Crippen LogP) is 4.22. The molecule has 0 saturated carbocycles. The number of esters is 1. The van der Waals surface area contributed by atoms with Gasteiger partial charge in [-0.25, -0.2) is 4.79 Å². The summed E-state index contributed by atoms with van der Waals surface area (Å²) in [5, 5.41) is 0. The number of nitrogens with zero attached hydrogens (tertiary/aromatic N) is 1. The van der Waals surface area contributed by atoms with Crippen LogP contribution in [0.2, 0.25) is 0 Å². The normalized spacial score (nSPS) is 9.61. The van der Waals surface area contributed by atoms with Crippen molar-refractivity contribution >= 4 is 11.9 Å². The fourth-order valence-electron chi connectivity index (χ4n) is 1.72. The molecule has 23 heavy (non-hydrogen) atoms. The molecule has 4 heteroatoms. The Morgan fingerprint density at radius 3 is 1.96 bits per heavy atom. The molecular formula is C19H31NO3. The minimum Gasteiger partial charge on any atom is -0.452 e. The first kappa shape index (κ1) is 21.2. The van der Waals surface area contributed by atoms with Crippen molar-refractivity contribution in [3.8, 4) is 0 Å². The van der Waals surface area contributed by atoms with Crippen molar-refractivity contribution in [1.29, 1.82) is 0 Å². The zero-order valence-corrected chi connectivity index (χ0v) is 15.2. The second kappa shape index (κ2) is 12.7. The molecule has 0 atom stereocenters. The SMILES string of the molecule is CCCC.CCCN(CC)C(=O)COC(=O)c1ccc(C)cc1. The van der Waals surface area contributed by atoms with E-state index in [4.69, 9.17) is 4.74 Å². The van der Waals surface area contributed by atoms with Crippen LogP contribution >= 0.6 is 0 Å². The molecule has 0 bridgehead atoms.